The molecule has 2 aliphatic heterocycles. The number of nitriles is 1. The lowest BCUT2D eigenvalue weighted by atomic mass is 9.59. The third kappa shape index (κ3) is 5.56. The molecule has 2 heterocycles. The number of likely N-dealkylation sites (N-methyl/N-ethyl adjacent to an activating group) is 1. The number of piperidine rings is 1. The maximum atomic E-state index is 12.2. The average Bonchev–Trinajstić information content (AvgIpc) is 3.24. The van der Waals surface area contributed by atoms with Crippen LogP contribution in [-0.2, 0) is 14.6 Å². The molecule has 5 aliphatic rings. The van der Waals surface area contributed by atoms with E-state index in [1.165, 1.54) is 64.0 Å². The lowest BCUT2D eigenvalue weighted by Crippen LogP contribution is -2.58. The number of nitrogens with zero attached hydrogens (tertiary/aromatic N) is 3. The second-order valence-electron chi connectivity index (χ2n) is 14.0. The van der Waals surface area contributed by atoms with Crippen LogP contribution in [0.4, 0.5) is 0 Å². The second-order valence-corrected chi connectivity index (χ2v) is 16.1. The predicted molar refractivity (Wildman–Crippen MR) is 150 cm³/mol. The highest BCUT2D eigenvalue weighted by molar-refractivity contribution is 7.94. The molecule has 3 aliphatic carbocycles. The van der Waals surface area contributed by atoms with Crippen LogP contribution < -0.4 is 10.7 Å². The highest BCUT2D eigenvalue weighted by Gasteiger charge is 2.54. The van der Waals surface area contributed by atoms with Crippen molar-refractivity contribution in [2.24, 2.45) is 40.9 Å². The number of rotatable bonds is 5. The summed E-state index contributed by atoms with van der Waals surface area (Å²) < 4.78 is 23.9. The number of hydrazine groups is 1. The lowest BCUT2D eigenvalue weighted by Gasteiger charge is -2.50. The molecule has 7 atom stereocenters. The molecule has 5 fully saturated rings. The highest BCUT2D eigenvalue weighted by Crippen LogP contribution is 2.50. The zero-order valence-electron chi connectivity index (χ0n) is 23.9. The van der Waals surface area contributed by atoms with Crippen LogP contribution >= 0.6 is 0 Å². The Morgan fingerprint density at radius 3 is 2.24 bits per heavy atom. The van der Waals surface area contributed by atoms with Crippen molar-refractivity contribution in [1.82, 2.24) is 20.1 Å². The number of hydrogen-bond donors (Lipinski definition) is 3. The van der Waals surface area contributed by atoms with Gasteiger partial charge in [0.1, 0.15) is 0 Å². The van der Waals surface area contributed by atoms with Crippen LogP contribution in [0, 0.1) is 52.3 Å². The van der Waals surface area contributed by atoms with Gasteiger partial charge in [-0.15, -0.1) is 0 Å². The SMILES string of the molecule is CN1NC(C2CCC(C(C)(C)C#N)CC2)C2C3CC(C4CCC(N(C)[S+](C)(=O)O)CC4)CCC3NCC21. The first-order chi connectivity index (χ1) is 17.5. The van der Waals surface area contributed by atoms with Gasteiger partial charge in [0.25, 0.3) is 10.4 Å². The van der Waals surface area contributed by atoms with Crippen molar-refractivity contribution in [3.05, 3.63) is 0 Å². The Morgan fingerprint density at radius 1 is 1.00 bits per heavy atom. The Kier molecular flexibility index (Phi) is 8.16. The van der Waals surface area contributed by atoms with Gasteiger partial charge in [-0.2, -0.15) is 9.81 Å². The standard InChI is InChI=1S/C29H51N5O2S/c1-29(2,18-30)22-11-6-20(7-12-22)28-27-24-16-21(10-15-25(24)31-17-26(27)33(3)32-28)19-8-13-23(14-9-19)34(4)37(5,35)36/h19-28,31-32H,6-17H2,1-5H3/p+1. The summed E-state index contributed by atoms with van der Waals surface area (Å²) in [5, 5.41) is 16.0. The first kappa shape index (κ1) is 28.0. The normalized spacial score (nSPS) is 45.0. The van der Waals surface area contributed by atoms with Crippen LogP contribution in [0.1, 0.15) is 84.5 Å². The smallest absolute Gasteiger partial charge is 0.288 e. The van der Waals surface area contributed by atoms with Gasteiger partial charge in [0, 0.05) is 38.8 Å². The molecule has 3 N–H and O–H groups in total. The van der Waals surface area contributed by atoms with E-state index in [-0.39, 0.29) is 11.5 Å². The molecule has 7 unspecified atom stereocenters. The van der Waals surface area contributed by atoms with Gasteiger partial charge in [-0.1, -0.05) is 4.31 Å². The van der Waals surface area contributed by atoms with E-state index < -0.39 is 10.4 Å². The molecule has 0 aromatic carbocycles. The van der Waals surface area contributed by atoms with Crippen LogP contribution in [0.5, 0.6) is 0 Å². The molecule has 8 heteroatoms. The van der Waals surface area contributed by atoms with Crippen LogP contribution in [0.2, 0.25) is 0 Å². The summed E-state index contributed by atoms with van der Waals surface area (Å²) in [4.78, 5) is 0. The molecule has 210 valence electrons. The summed E-state index contributed by atoms with van der Waals surface area (Å²) in [6.45, 7) is 5.36. The molecular formula is C29H52N5O2S+. The molecule has 0 amide bonds. The van der Waals surface area contributed by atoms with Crippen molar-refractivity contribution in [3.8, 4) is 6.07 Å². The van der Waals surface area contributed by atoms with E-state index in [2.05, 4.69) is 42.7 Å². The van der Waals surface area contributed by atoms with Gasteiger partial charge in [0.05, 0.1) is 17.5 Å². The molecule has 0 spiro atoms. The van der Waals surface area contributed by atoms with Crippen LogP contribution in [-0.4, -0.2) is 64.9 Å². The van der Waals surface area contributed by atoms with Crippen molar-refractivity contribution in [2.45, 2.75) is 109 Å². The van der Waals surface area contributed by atoms with Crippen molar-refractivity contribution >= 4 is 10.4 Å². The van der Waals surface area contributed by atoms with Crippen molar-refractivity contribution in [2.75, 3.05) is 26.9 Å². The summed E-state index contributed by atoms with van der Waals surface area (Å²) >= 11 is 0. The average molecular weight is 535 g/mol. The van der Waals surface area contributed by atoms with Gasteiger partial charge in [0.15, 0.2) is 6.26 Å². The highest BCUT2D eigenvalue weighted by atomic mass is 32.3. The maximum Gasteiger partial charge on any atom is 0.288 e. The molecule has 2 saturated heterocycles. The number of fused-ring (bicyclic) bond motifs is 3. The Morgan fingerprint density at radius 2 is 1.62 bits per heavy atom. The van der Waals surface area contributed by atoms with Crippen molar-refractivity contribution < 1.29 is 8.76 Å². The first-order valence-corrected chi connectivity index (χ1v) is 17.0. The number of nitrogens with one attached hydrogen (secondary N) is 2. The van der Waals surface area contributed by atoms with E-state index in [1.54, 1.807) is 4.31 Å². The minimum Gasteiger partial charge on any atom is -0.312 e. The van der Waals surface area contributed by atoms with Gasteiger partial charge in [-0.3, -0.25) is 5.43 Å². The van der Waals surface area contributed by atoms with Gasteiger partial charge in [-0.05, 0) is 124 Å². The van der Waals surface area contributed by atoms with Gasteiger partial charge in [-0.25, -0.2) is 5.01 Å². The monoisotopic (exact) mass is 534 g/mol. The van der Waals surface area contributed by atoms with Crippen LogP contribution in [0.25, 0.3) is 0 Å². The molecule has 0 aromatic heterocycles. The summed E-state index contributed by atoms with van der Waals surface area (Å²) in [5.41, 5.74) is 3.76. The molecule has 0 bridgehead atoms. The molecule has 5 rings (SSSR count). The summed E-state index contributed by atoms with van der Waals surface area (Å²) in [6.07, 6.45) is 14.8. The van der Waals surface area contributed by atoms with Gasteiger partial charge >= 0.3 is 0 Å². The summed E-state index contributed by atoms with van der Waals surface area (Å²) in [6, 6.07) is 4.62. The fourth-order valence-electron chi connectivity index (χ4n) is 9.28. The Bertz CT molecular complexity index is 885. The van der Waals surface area contributed by atoms with E-state index in [0.717, 1.165) is 43.1 Å². The Hall–Kier alpha value is -0.560. The van der Waals surface area contributed by atoms with Crippen molar-refractivity contribution in [3.63, 3.8) is 0 Å². The molecule has 7 nitrogen and oxygen atoms in total. The third-order valence-electron chi connectivity index (χ3n) is 11.8. The topological polar surface area (TPSA) is 91.6 Å². The van der Waals surface area contributed by atoms with Gasteiger partial charge < -0.3 is 5.32 Å². The lowest BCUT2D eigenvalue weighted by molar-refractivity contribution is 0.0335. The number of hydrogen-bond acceptors (Lipinski definition) is 5. The second kappa shape index (κ2) is 10.8. The minimum absolute atomic E-state index is 0.206. The van der Waals surface area contributed by atoms with E-state index in [9.17, 15) is 14.0 Å². The van der Waals surface area contributed by atoms with Gasteiger partial charge in [0.2, 0.25) is 0 Å². The minimum atomic E-state index is -2.86. The first-order valence-electron chi connectivity index (χ1n) is 15.1. The van der Waals surface area contributed by atoms with Crippen molar-refractivity contribution in [1.29, 1.82) is 5.26 Å². The molecule has 0 radical (unpaired) electrons. The van der Waals surface area contributed by atoms with E-state index >= 15 is 0 Å². The Labute approximate surface area is 226 Å². The zero-order chi connectivity index (χ0) is 26.5. The van der Waals surface area contributed by atoms with Crippen LogP contribution in [0.3, 0.4) is 0 Å². The third-order valence-corrected chi connectivity index (χ3v) is 13.1. The van der Waals surface area contributed by atoms with Crippen LogP contribution in [0.15, 0.2) is 0 Å². The fraction of sp³-hybridized carbons (Fsp3) is 0.966. The fourth-order valence-corrected chi connectivity index (χ4v) is 10.0. The molecule has 3 saturated carbocycles. The largest absolute Gasteiger partial charge is 0.312 e. The quantitative estimate of drug-likeness (QED) is 0.449. The van der Waals surface area contributed by atoms with E-state index in [0.29, 0.717) is 30.0 Å². The summed E-state index contributed by atoms with van der Waals surface area (Å²) in [7, 11) is 1.22. The maximum absolute atomic E-state index is 12.2. The molecular weight excluding hydrogens is 482 g/mol. The van der Waals surface area contributed by atoms with E-state index in [1.807, 2.05) is 7.05 Å². The molecule has 0 aromatic rings. The zero-order valence-corrected chi connectivity index (χ0v) is 24.7. The predicted octanol–water partition coefficient (Wildman–Crippen LogP) is 4.54. The molecule has 37 heavy (non-hydrogen) atoms. The summed E-state index contributed by atoms with van der Waals surface area (Å²) in [5.74, 6) is 4.27. The Balaban J connectivity index is 1.24. The van der Waals surface area contributed by atoms with E-state index in [4.69, 9.17) is 0 Å².